The van der Waals surface area contributed by atoms with Crippen molar-refractivity contribution in [3.8, 4) is 5.69 Å². The Morgan fingerprint density at radius 1 is 1.10 bits per heavy atom. The molecule has 6 nitrogen and oxygen atoms in total. The summed E-state index contributed by atoms with van der Waals surface area (Å²) in [4.78, 5) is 28.6. The van der Waals surface area contributed by atoms with Gasteiger partial charge < -0.3 is 5.32 Å². The van der Waals surface area contributed by atoms with Crippen molar-refractivity contribution in [3.63, 3.8) is 0 Å². The van der Waals surface area contributed by atoms with Gasteiger partial charge in [0.05, 0.1) is 27.4 Å². The minimum Gasteiger partial charge on any atom is -0.325 e. The quantitative estimate of drug-likeness (QED) is 0.276. The van der Waals surface area contributed by atoms with Crippen LogP contribution in [-0.2, 0) is 15.0 Å². The Morgan fingerprint density at radius 3 is 2.50 bits per heavy atom. The van der Waals surface area contributed by atoms with Crippen molar-refractivity contribution >= 4 is 46.7 Å². The molecule has 5 rings (SSSR count). The van der Waals surface area contributed by atoms with Crippen molar-refractivity contribution in [3.05, 3.63) is 106 Å². The summed E-state index contributed by atoms with van der Waals surface area (Å²) < 4.78 is 16.1. The molecular formula is C31H30ClFN4O2S. The Kier molecular flexibility index (Phi) is 7.75. The minimum atomic E-state index is -0.439. The third-order valence-electron chi connectivity index (χ3n) is 6.67. The monoisotopic (exact) mass is 576 g/mol. The van der Waals surface area contributed by atoms with Crippen LogP contribution in [0, 0.1) is 12.7 Å². The molecule has 0 bridgehead atoms. The molecule has 1 N–H and O–H groups in total. The Balaban J connectivity index is 1.71. The summed E-state index contributed by atoms with van der Waals surface area (Å²) >= 11 is 8.05. The highest BCUT2D eigenvalue weighted by atomic mass is 35.5. The van der Waals surface area contributed by atoms with Crippen LogP contribution >= 0.6 is 23.4 Å². The van der Waals surface area contributed by atoms with E-state index in [2.05, 4.69) is 5.32 Å². The molecule has 2 amide bonds. The molecule has 1 aliphatic heterocycles. The normalized spacial score (nSPS) is 15.5. The van der Waals surface area contributed by atoms with Gasteiger partial charge in [0.1, 0.15) is 18.2 Å². The second-order valence-electron chi connectivity index (χ2n) is 10.8. The van der Waals surface area contributed by atoms with Crippen LogP contribution in [0.5, 0.6) is 0 Å². The molecule has 0 aliphatic carbocycles. The van der Waals surface area contributed by atoms with Gasteiger partial charge in [0.2, 0.25) is 11.8 Å². The van der Waals surface area contributed by atoms with E-state index in [0.717, 1.165) is 16.8 Å². The predicted octanol–water partition coefficient (Wildman–Crippen LogP) is 7.08. The zero-order chi connectivity index (χ0) is 28.6. The average molecular weight is 577 g/mol. The molecule has 1 unspecified atom stereocenters. The number of halogens is 2. The van der Waals surface area contributed by atoms with E-state index in [9.17, 15) is 14.0 Å². The van der Waals surface area contributed by atoms with Crippen LogP contribution < -0.4 is 10.2 Å². The second kappa shape index (κ2) is 11.1. The van der Waals surface area contributed by atoms with Gasteiger partial charge in [0, 0.05) is 16.7 Å². The second-order valence-corrected chi connectivity index (χ2v) is 12.3. The standard InChI is InChI=1S/C31H30ClFN4O2S/c1-19-12-14-22(15-13-19)34-25(38)17-36-26(39)18-40-28(20-8-7-9-21(33)16-20)27-29(31(2,3)4)35-37(30(27)36)24-11-6-5-10-23(24)32/h5-16,28H,17-18H2,1-4H3,(H,34,38). The first-order valence-electron chi connectivity index (χ1n) is 12.9. The van der Waals surface area contributed by atoms with Gasteiger partial charge in [-0.25, -0.2) is 9.07 Å². The van der Waals surface area contributed by atoms with Gasteiger partial charge in [-0.2, -0.15) is 5.10 Å². The Bertz CT molecular complexity index is 1580. The van der Waals surface area contributed by atoms with Crippen LogP contribution in [0.3, 0.4) is 0 Å². The lowest BCUT2D eigenvalue weighted by molar-refractivity contribution is -0.120. The summed E-state index contributed by atoms with van der Waals surface area (Å²) in [5.41, 5.74) is 4.07. The first-order chi connectivity index (χ1) is 19.0. The number of benzene rings is 3. The van der Waals surface area contributed by atoms with E-state index >= 15 is 0 Å². The van der Waals surface area contributed by atoms with E-state index in [1.54, 1.807) is 16.8 Å². The number of thioether (sulfide) groups is 1. The first-order valence-corrected chi connectivity index (χ1v) is 14.4. The third-order valence-corrected chi connectivity index (χ3v) is 8.24. The molecule has 0 radical (unpaired) electrons. The van der Waals surface area contributed by atoms with Crippen molar-refractivity contribution in [1.29, 1.82) is 0 Å². The van der Waals surface area contributed by atoms with Gasteiger partial charge >= 0.3 is 0 Å². The molecule has 0 saturated carbocycles. The number of nitrogens with one attached hydrogen (secondary N) is 1. The lowest BCUT2D eigenvalue weighted by Gasteiger charge is -2.24. The fourth-order valence-corrected chi connectivity index (χ4v) is 6.18. The molecular weight excluding hydrogens is 547 g/mol. The molecule has 2 heterocycles. The number of hydrogen-bond acceptors (Lipinski definition) is 4. The largest absolute Gasteiger partial charge is 0.325 e. The molecule has 0 fully saturated rings. The Labute approximate surface area is 242 Å². The number of amides is 2. The van der Waals surface area contributed by atoms with E-state index in [4.69, 9.17) is 16.7 Å². The maximum absolute atomic E-state index is 14.4. The molecule has 40 heavy (non-hydrogen) atoms. The highest BCUT2D eigenvalue weighted by molar-refractivity contribution is 8.00. The molecule has 9 heteroatoms. The number of para-hydroxylation sites is 1. The number of aromatic nitrogens is 2. The van der Waals surface area contributed by atoms with Gasteiger partial charge in [-0.3, -0.25) is 14.5 Å². The van der Waals surface area contributed by atoms with Crippen molar-refractivity contribution in [1.82, 2.24) is 9.78 Å². The highest BCUT2D eigenvalue weighted by Gasteiger charge is 2.40. The first kappa shape index (κ1) is 27.9. The average Bonchev–Trinajstić information content (AvgIpc) is 3.23. The van der Waals surface area contributed by atoms with Crippen LogP contribution in [-0.4, -0.2) is 33.9 Å². The van der Waals surface area contributed by atoms with E-state index in [-0.39, 0.29) is 29.9 Å². The van der Waals surface area contributed by atoms with Crippen LogP contribution in [0.1, 0.15) is 48.4 Å². The molecule has 0 saturated heterocycles. The van der Waals surface area contributed by atoms with Crippen molar-refractivity contribution in [2.24, 2.45) is 0 Å². The van der Waals surface area contributed by atoms with Gasteiger partial charge in [-0.1, -0.05) is 74.3 Å². The fourth-order valence-electron chi connectivity index (χ4n) is 4.78. The van der Waals surface area contributed by atoms with E-state index in [1.807, 2.05) is 76.2 Å². The smallest absolute Gasteiger partial charge is 0.244 e. The molecule has 1 aromatic heterocycles. The SMILES string of the molecule is Cc1ccc(NC(=O)CN2C(=O)CSC(c3cccc(F)c3)c3c(C(C)(C)C)nn(-c4ccccc4Cl)c32)cc1. The fraction of sp³-hybridized carbons (Fsp3) is 0.258. The number of hydrogen-bond donors (Lipinski definition) is 1. The van der Waals surface area contributed by atoms with E-state index in [1.165, 1.54) is 28.8 Å². The van der Waals surface area contributed by atoms with Crippen LogP contribution in [0.25, 0.3) is 5.69 Å². The number of carbonyl (C=O) groups is 2. The van der Waals surface area contributed by atoms with Gasteiger partial charge in [0.25, 0.3) is 0 Å². The number of carbonyl (C=O) groups excluding carboxylic acids is 2. The summed E-state index contributed by atoms with van der Waals surface area (Å²) in [6, 6.07) is 21.1. The summed E-state index contributed by atoms with van der Waals surface area (Å²) in [6.45, 7) is 7.87. The summed E-state index contributed by atoms with van der Waals surface area (Å²) in [7, 11) is 0. The van der Waals surface area contributed by atoms with Crippen molar-refractivity contribution < 1.29 is 14.0 Å². The topological polar surface area (TPSA) is 67.2 Å². The molecule has 0 spiro atoms. The van der Waals surface area contributed by atoms with Crippen LogP contribution in [0.15, 0.2) is 72.8 Å². The van der Waals surface area contributed by atoms with Gasteiger partial charge in [-0.15, -0.1) is 11.8 Å². The van der Waals surface area contributed by atoms with Crippen molar-refractivity contribution in [2.75, 3.05) is 22.5 Å². The predicted molar refractivity (Wildman–Crippen MR) is 160 cm³/mol. The number of nitrogens with zero attached hydrogens (tertiary/aromatic N) is 3. The zero-order valence-electron chi connectivity index (χ0n) is 22.7. The molecule has 3 aromatic carbocycles. The summed E-state index contributed by atoms with van der Waals surface area (Å²) in [5, 5.41) is 7.97. The molecule has 1 aliphatic rings. The van der Waals surface area contributed by atoms with Gasteiger partial charge in [-0.05, 0) is 48.9 Å². The van der Waals surface area contributed by atoms with E-state index in [0.29, 0.717) is 27.8 Å². The third kappa shape index (κ3) is 5.64. The molecule has 206 valence electrons. The summed E-state index contributed by atoms with van der Waals surface area (Å²) in [5.74, 6) is -0.402. The lowest BCUT2D eigenvalue weighted by atomic mass is 9.87. The Morgan fingerprint density at radius 2 is 1.82 bits per heavy atom. The maximum atomic E-state index is 14.4. The van der Waals surface area contributed by atoms with Gasteiger partial charge in [0.15, 0.2) is 0 Å². The number of rotatable bonds is 5. The number of anilines is 2. The lowest BCUT2D eigenvalue weighted by Crippen LogP contribution is -2.40. The number of aryl methyl sites for hydroxylation is 1. The molecule has 4 aromatic rings. The maximum Gasteiger partial charge on any atom is 0.244 e. The summed E-state index contributed by atoms with van der Waals surface area (Å²) in [6.07, 6.45) is 0. The highest BCUT2D eigenvalue weighted by Crippen LogP contribution is 2.48. The minimum absolute atomic E-state index is 0.0970. The zero-order valence-corrected chi connectivity index (χ0v) is 24.3. The Hall–Kier alpha value is -3.62. The molecule has 1 atom stereocenters. The van der Waals surface area contributed by atoms with E-state index < -0.39 is 10.7 Å². The van der Waals surface area contributed by atoms with Crippen LogP contribution in [0.4, 0.5) is 15.9 Å². The number of fused-ring (bicyclic) bond motifs is 1. The van der Waals surface area contributed by atoms with Crippen LogP contribution in [0.2, 0.25) is 5.02 Å². The van der Waals surface area contributed by atoms with Crippen molar-refractivity contribution in [2.45, 2.75) is 38.4 Å².